The molecule has 0 aliphatic carbocycles. The van der Waals surface area contributed by atoms with Crippen molar-refractivity contribution in [2.24, 2.45) is 5.73 Å². The van der Waals surface area contributed by atoms with Gasteiger partial charge in [0.1, 0.15) is 11.6 Å². The Morgan fingerprint density at radius 2 is 2.42 bits per heavy atom. The summed E-state index contributed by atoms with van der Waals surface area (Å²) in [5.74, 6) is -0.700. The molecular weight excluding hydrogens is 181 g/mol. The van der Waals surface area contributed by atoms with Crippen molar-refractivity contribution in [3.05, 3.63) is 18.2 Å². The highest BCUT2D eigenvalue weighted by atomic mass is 31.2. The molecule has 0 spiro atoms. The number of nitrogens with two attached hydrogens (primary N) is 1. The molecule has 0 amide bonds. The van der Waals surface area contributed by atoms with Crippen LogP contribution in [0.2, 0.25) is 0 Å². The van der Waals surface area contributed by atoms with Gasteiger partial charge in [0.15, 0.2) is 0 Å². The Balaban J connectivity index is 2.59. The van der Waals surface area contributed by atoms with E-state index in [9.17, 15) is 4.57 Å². The van der Waals surface area contributed by atoms with E-state index in [0.29, 0.717) is 5.82 Å². The van der Waals surface area contributed by atoms with Gasteiger partial charge in [0.05, 0.1) is 0 Å². The maximum Gasteiger partial charge on any atom is 0.342 e. The van der Waals surface area contributed by atoms with Crippen molar-refractivity contribution in [2.45, 2.75) is 12.2 Å². The van der Waals surface area contributed by atoms with Gasteiger partial charge in [-0.3, -0.25) is 4.57 Å². The second kappa shape index (κ2) is 3.37. The highest BCUT2D eigenvalue weighted by Gasteiger charge is 2.25. The normalized spacial score (nSPS) is 14.6. The van der Waals surface area contributed by atoms with Crippen molar-refractivity contribution in [1.29, 1.82) is 0 Å². The summed E-state index contributed by atoms with van der Waals surface area (Å²) in [5.41, 5.74) is 5.22. The van der Waals surface area contributed by atoms with Gasteiger partial charge in [-0.15, -0.1) is 0 Å². The smallest absolute Gasteiger partial charge is 0.342 e. The molecule has 1 atom stereocenters. The monoisotopic (exact) mass is 191 g/mol. The average molecular weight is 191 g/mol. The third-order valence-electron chi connectivity index (χ3n) is 1.39. The van der Waals surface area contributed by atoms with Gasteiger partial charge in [-0.1, -0.05) is 0 Å². The van der Waals surface area contributed by atoms with Crippen molar-refractivity contribution < 1.29 is 14.4 Å². The van der Waals surface area contributed by atoms with E-state index in [1.807, 2.05) is 0 Å². The summed E-state index contributed by atoms with van der Waals surface area (Å²) in [5, 5.41) is 0. The number of aromatic amines is 1. The molecular formula is C5H10N3O3P. The molecule has 0 saturated carbocycles. The van der Waals surface area contributed by atoms with Gasteiger partial charge < -0.3 is 20.5 Å². The molecule has 6 nitrogen and oxygen atoms in total. The average Bonchev–Trinajstić information content (AvgIpc) is 2.37. The van der Waals surface area contributed by atoms with Gasteiger partial charge in [-0.05, 0) is 0 Å². The molecule has 1 aromatic heterocycles. The fourth-order valence-corrected chi connectivity index (χ4v) is 1.14. The lowest BCUT2D eigenvalue weighted by Gasteiger charge is -2.10. The molecule has 7 heteroatoms. The molecule has 12 heavy (non-hydrogen) atoms. The lowest BCUT2D eigenvalue weighted by Crippen LogP contribution is -2.23. The molecule has 1 unspecified atom stereocenters. The first-order valence-electron chi connectivity index (χ1n) is 3.29. The lowest BCUT2D eigenvalue weighted by atomic mass is 10.4. The van der Waals surface area contributed by atoms with Crippen LogP contribution >= 0.6 is 7.60 Å². The van der Waals surface area contributed by atoms with E-state index in [1.54, 1.807) is 6.20 Å². The summed E-state index contributed by atoms with van der Waals surface area (Å²) in [6.07, 6.45) is 3.13. The third-order valence-corrected chi connectivity index (χ3v) is 2.44. The predicted molar refractivity (Wildman–Crippen MR) is 42.3 cm³/mol. The molecule has 0 radical (unpaired) electrons. The number of rotatable bonds is 3. The Kier molecular flexibility index (Phi) is 2.64. The van der Waals surface area contributed by atoms with E-state index < -0.39 is 13.4 Å². The molecule has 0 aliphatic rings. The van der Waals surface area contributed by atoms with Gasteiger partial charge in [0.2, 0.25) is 0 Å². The summed E-state index contributed by atoms with van der Waals surface area (Å²) in [6.45, 7) is 0. The van der Waals surface area contributed by atoms with Crippen LogP contribution in [0.1, 0.15) is 5.82 Å². The molecule has 1 heterocycles. The quantitative estimate of drug-likeness (QED) is 0.477. The zero-order valence-electron chi connectivity index (χ0n) is 6.21. The van der Waals surface area contributed by atoms with Crippen LogP contribution in [-0.2, 0) is 11.0 Å². The van der Waals surface area contributed by atoms with Crippen LogP contribution in [0, 0.1) is 0 Å². The number of aromatic nitrogens is 2. The number of hydrogen-bond donors (Lipinski definition) is 4. The van der Waals surface area contributed by atoms with Crippen molar-refractivity contribution in [3.63, 3.8) is 0 Å². The molecule has 0 fully saturated rings. The Labute approximate surface area is 69.0 Å². The Bertz CT molecular complexity index is 280. The summed E-state index contributed by atoms with van der Waals surface area (Å²) in [4.78, 5) is 23.8. The first-order chi connectivity index (χ1) is 5.50. The van der Waals surface area contributed by atoms with Crippen molar-refractivity contribution in [1.82, 2.24) is 9.97 Å². The number of hydrogen-bond acceptors (Lipinski definition) is 3. The van der Waals surface area contributed by atoms with E-state index in [-0.39, 0.29) is 6.42 Å². The second-order valence-electron chi connectivity index (χ2n) is 2.40. The third kappa shape index (κ3) is 2.42. The number of nitrogens with one attached hydrogen (secondary N) is 1. The van der Waals surface area contributed by atoms with Gasteiger partial charge in [0, 0.05) is 18.8 Å². The minimum absolute atomic E-state index is 0.0529. The maximum atomic E-state index is 10.6. The standard InChI is InChI=1S/C5H10N3O3P/c6-4(12(9,10)11)3-5-7-1-2-8-5/h1-2,4H,3,6H2,(H,7,8)(H2,9,10,11). The van der Waals surface area contributed by atoms with Crippen LogP contribution < -0.4 is 5.73 Å². The second-order valence-corrected chi connectivity index (χ2v) is 4.24. The molecule has 68 valence electrons. The lowest BCUT2D eigenvalue weighted by molar-refractivity contribution is 0.357. The summed E-state index contributed by atoms with van der Waals surface area (Å²) < 4.78 is 10.6. The van der Waals surface area contributed by atoms with Crippen molar-refractivity contribution in [3.8, 4) is 0 Å². The summed E-state index contributed by atoms with van der Waals surface area (Å²) in [6, 6.07) is 0. The van der Waals surface area contributed by atoms with Crippen molar-refractivity contribution in [2.75, 3.05) is 0 Å². The largest absolute Gasteiger partial charge is 0.349 e. The SMILES string of the molecule is NC(Cc1ncc[nH]1)P(=O)(O)O. The molecule has 0 bridgehead atoms. The van der Waals surface area contributed by atoms with Gasteiger partial charge >= 0.3 is 7.60 Å². The van der Waals surface area contributed by atoms with E-state index in [1.165, 1.54) is 6.20 Å². The minimum Gasteiger partial charge on any atom is -0.349 e. The Hall–Kier alpha value is -0.680. The number of imidazole rings is 1. The van der Waals surface area contributed by atoms with E-state index in [4.69, 9.17) is 15.5 Å². The fraction of sp³-hybridized carbons (Fsp3) is 0.400. The molecule has 0 saturated heterocycles. The highest BCUT2D eigenvalue weighted by molar-refractivity contribution is 7.52. The van der Waals surface area contributed by atoms with Crippen LogP contribution in [0.3, 0.4) is 0 Å². The van der Waals surface area contributed by atoms with Crippen LogP contribution in [0.25, 0.3) is 0 Å². The van der Waals surface area contributed by atoms with Crippen molar-refractivity contribution >= 4 is 7.60 Å². The van der Waals surface area contributed by atoms with Gasteiger partial charge in [-0.2, -0.15) is 0 Å². The molecule has 1 rings (SSSR count). The van der Waals surface area contributed by atoms with E-state index in [2.05, 4.69) is 9.97 Å². The van der Waals surface area contributed by atoms with E-state index >= 15 is 0 Å². The number of H-pyrrole nitrogens is 1. The zero-order chi connectivity index (χ0) is 9.19. The molecule has 5 N–H and O–H groups in total. The topological polar surface area (TPSA) is 112 Å². The molecule has 0 aliphatic heterocycles. The predicted octanol–water partition coefficient (Wildman–Crippen LogP) is -0.585. The van der Waals surface area contributed by atoms with Crippen LogP contribution in [0.5, 0.6) is 0 Å². The van der Waals surface area contributed by atoms with Gasteiger partial charge in [-0.25, -0.2) is 4.98 Å². The maximum absolute atomic E-state index is 10.6. The summed E-state index contributed by atoms with van der Waals surface area (Å²) >= 11 is 0. The Morgan fingerprint density at radius 1 is 1.75 bits per heavy atom. The fourth-order valence-electron chi connectivity index (χ4n) is 0.727. The first kappa shape index (κ1) is 9.41. The Morgan fingerprint density at radius 3 is 2.83 bits per heavy atom. The first-order valence-corrected chi connectivity index (χ1v) is 4.97. The van der Waals surface area contributed by atoms with E-state index in [0.717, 1.165) is 0 Å². The molecule has 0 aromatic carbocycles. The summed E-state index contributed by atoms with van der Waals surface area (Å²) in [7, 11) is -4.18. The number of nitrogens with zero attached hydrogens (tertiary/aromatic N) is 1. The minimum atomic E-state index is -4.18. The van der Waals surface area contributed by atoms with Gasteiger partial charge in [0.25, 0.3) is 0 Å². The molecule has 1 aromatic rings. The van der Waals surface area contributed by atoms with Crippen LogP contribution in [0.4, 0.5) is 0 Å². The zero-order valence-corrected chi connectivity index (χ0v) is 7.11. The highest BCUT2D eigenvalue weighted by Crippen LogP contribution is 2.39. The van der Waals surface area contributed by atoms with Crippen LogP contribution in [-0.4, -0.2) is 25.5 Å². The van der Waals surface area contributed by atoms with Crippen LogP contribution in [0.15, 0.2) is 12.4 Å².